The lowest BCUT2D eigenvalue weighted by Crippen LogP contribution is -2.40. The van der Waals surface area contributed by atoms with Crippen LogP contribution in [0.15, 0.2) is 0 Å². The summed E-state index contributed by atoms with van der Waals surface area (Å²) in [6.07, 6.45) is 1.46. The lowest BCUT2D eigenvalue weighted by atomic mass is 10.1. The first kappa shape index (κ1) is 9.94. The normalized spacial score (nSPS) is 12.4. The van der Waals surface area contributed by atoms with Gasteiger partial charge in [0.15, 0.2) is 0 Å². The predicted molar refractivity (Wildman–Crippen MR) is 39.5 cm³/mol. The van der Waals surface area contributed by atoms with Crippen molar-refractivity contribution in [2.45, 2.75) is 19.9 Å². The molecule has 0 aromatic heterocycles. The minimum atomic E-state index is -0.586. The van der Waals surface area contributed by atoms with Crippen LogP contribution in [0.4, 0.5) is 0 Å². The molecule has 1 N–H and O–H groups in total. The Bertz CT molecular complexity index is 145. The summed E-state index contributed by atoms with van der Waals surface area (Å²) < 4.78 is 4.45. The average molecular weight is 158 g/mol. The van der Waals surface area contributed by atoms with Crippen molar-refractivity contribution in [1.29, 1.82) is 0 Å². The zero-order chi connectivity index (χ0) is 8.85. The maximum atomic E-state index is 10.9. The molecule has 0 saturated carbocycles. The molecule has 0 bridgehead atoms. The first-order valence-corrected chi connectivity index (χ1v) is 3.34. The lowest BCUT2D eigenvalue weighted by Gasteiger charge is -2.15. The van der Waals surface area contributed by atoms with Gasteiger partial charge in [-0.15, -0.1) is 0 Å². The Labute approximate surface area is 65.9 Å². The van der Waals surface area contributed by atoms with E-state index in [1.54, 1.807) is 0 Å². The van der Waals surface area contributed by atoms with Gasteiger partial charge >= 0.3 is 12.4 Å². The second-order valence-corrected chi connectivity index (χ2v) is 2.49. The molecule has 0 fully saturated rings. The van der Waals surface area contributed by atoms with Gasteiger partial charge in [-0.1, -0.05) is 13.8 Å². The van der Waals surface area contributed by atoms with Crippen molar-refractivity contribution in [1.82, 2.24) is 5.32 Å². The van der Waals surface area contributed by atoms with E-state index in [2.05, 4.69) is 10.1 Å². The van der Waals surface area contributed by atoms with Crippen LogP contribution in [0.1, 0.15) is 13.8 Å². The maximum absolute atomic E-state index is 10.9. The zero-order valence-corrected chi connectivity index (χ0v) is 6.88. The molecule has 1 atom stereocenters. The molecule has 0 heterocycles. The Morgan fingerprint density at radius 3 is 2.36 bits per heavy atom. The Balaban J connectivity index is 4.08. The van der Waals surface area contributed by atoms with E-state index in [1.165, 1.54) is 13.5 Å². The van der Waals surface area contributed by atoms with Crippen LogP contribution in [0.3, 0.4) is 0 Å². The maximum Gasteiger partial charge on any atom is 0.328 e. The van der Waals surface area contributed by atoms with Crippen molar-refractivity contribution in [2.24, 2.45) is 5.92 Å². The van der Waals surface area contributed by atoms with E-state index in [-0.39, 0.29) is 5.92 Å². The van der Waals surface area contributed by atoms with Gasteiger partial charge in [-0.2, -0.15) is 0 Å². The summed E-state index contributed by atoms with van der Waals surface area (Å²) in [6.45, 7) is 3.62. The number of carbonyl (C=O) groups excluding carboxylic acids is 2. The molecule has 4 nitrogen and oxygen atoms in total. The molecule has 4 heteroatoms. The zero-order valence-electron chi connectivity index (χ0n) is 6.88. The van der Waals surface area contributed by atoms with Crippen LogP contribution < -0.4 is 5.32 Å². The van der Waals surface area contributed by atoms with Crippen molar-refractivity contribution in [3.05, 3.63) is 0 Å². The number of amides is 1. The number of hydrogen-bond donors (Lipinski definition) is 1. The molecular formula is C7H12NO3. The van der Waals surface area contributed by atoms with Gasteiger partial charge in [0.2, 0.25) is 0 Å². The van der Waals surface area contributed by atoms with Crippen molar-refractivity contribution < 1.29 is 14.3 Å². The van der Waals surface area contributed by atoms with Crippen LogP contribution in [-0.2, 0) is 14.3 Å². The van der Waals surface area contributed by atoms with E-state index >= 15 is 0 Å². The Kier molecular flexibility index (Phi) is 4.26. The molecule has 0 rings (SSSR count). The predicted octanol–water partition coefficient (Wildman–Crippen LogP) is -0.159. The van der Waals surface area contributed by atoms with Gasteiger partial charge in [0.05, 0.1) is 7.11 Å². The number of hydrogen-bond acceptors (Lipinski definition) is 3. The van der Waals surface area contributed by atoms with E-state index in [1.807, 2.05) is 13.8 Å². The van der Waals surface area contributed by atoms with Gasteiger partial charge in [0.25, 0.3) is 0 Å². The third-order valence-electron chi connectivity index (χ3n) is 1.34. The molecule has 11 heavy (non-hydrogen) atoms. The first-order chi connectivity index (χ1) is 5.13. The third kappa shape index (κ3) is 3.02. The fourth-order valence-corrected chi connectivity index (χ4v) is 0.688. The highest BCUT2D eigenvalue weighted by molar-refractivity contribution is 5.78. The van der Waals surface area contributed by atoms with E-state index < -0.39 is 12.0 Å². The van der Waals surface area contributed by atoms with Gasteiger partial charge in [-0.3, -0.25) is 4.79 Å². The summed E-state index contributed by atoms with van der Waals surface area (Å²) in [5.74, 6) is -0.424. The molecule has 0 saturated heterocycles. The SMILES string of the molecule is COC(=O)[C@@H](N[C]=O)C(C)C. The summed E-state index contributed by atoms with van der Waals surface area (Å²) in [5.41, 5.74) is 0. The van der Waals surface area contributed by atoms with E-state index in [0.29, 0.717) is 0 Å². The smallest absolute Gasteiger partial charge is 0.328 e. The number of ether oxygens (including phenoxy) is 1. The largest absolute Gasteiger partial charge is 0.467 e. The average Bonchev–Trinajstić information content (AvgIpc) is 1.98. The van der Waals surface area contributed by atoms with Crippen LogP contribution in [-0.4, -0.2) is 25.5 Å². The molecule has 0 aliphatic carbocycles. The fourth-order valence-electron chi connectivity index (χ4n) is 0.688. The second-order valence-electron chi connectivity index (χ2n) is 2.49. The number of carbonyl (C=O) groups is 1. The minimum absolute atomic E-state index is 0.0175. The quantitative estimate of drug-likeness (QED) is 0.457. The number of nitrogens with one attached hydrogen (secondary N) is 1. The molecule has 1 radical (unpaired) electrons. The molecule has 0 unspecified atom stereocenters. The van der Waals surface area contributed by atoms with Crippen LogP contribution >= 0.6 is 0 Å². The van der Waals surface area contributed by atoms with Gasteiger partial charge in [0.1, 0.15) is 6.04 Å². The molecule has 0 spiro atoms. The van der Waals surface area contributed by atoms with Gasteiger partial charge in [-0.05, 0) is 5.92 Å². The summed E-state index contributed by atoms with van der Waals surface area (Å²) in [7, 11) is 1.28. The molecule has 0 aliphatic rings. The second kappa shape index (κ2) is 4.71. The number of esters is 1. The van der Waals surface area contributed by atoms with Gasteiger partial charge in [0, 0.05) is 0 Å². The fraction of sp³-hybridized carbons (Fsp3) is 0.714. The highest BCUT2D eigenvalue weighted by atomic mass is 16.5. The van der Waals surface area contributed by atoms with Crippen LogP contribution in [0.25, 0.3) is 0 Å². The summed E-state index contributed by atoms with van der Waals surface area (Å²) in [5, 5.41) is 2.25. The van der Waals surface area contributed by atoms with E-state index in [0.717, 1.165) is 0 Å². The van der Waals surface area contributed by atoms with E-state index in [9.17, 15) is 9.59 Å². The summed E-state index contributed by atoms with van der Waals surface area (Å²) >= 11 is 0. The summed E-state index contributed by atoms with van der Waals surface area (Å²) in [6, 6.07) is -0.586. The molecule has 0 aliphatic heterocycles. The van der Waals surface area contributed by atoms with Crippen LogP contribution in [0.2, 0.25) is 0 Å². The van der Waals surface area contributed by atoms with Crippen molar-refractivity contribution in [2.75, 3.05) is 7.11 Å². The minimum Gasteiger partial charge on any atom is -0.467 e. The molecule has 63 valence electrons. The Morgan fingerprint density at radius 2 is 2.09 bits per heavy atom. The first-order valence-electron chi connectivity index (χ1n) is 3.34. The molecule has 1 amide bonds. The highest BCUT2D eigenvalue weighted by Gasteiger charge is 2.21. The molecule has 0 aromatic carbocycles. The standard InChI is InChI=1S/C7H12NO3/c1-5(2)6(8-4-9)7(10)11-3/h5-6H,1-3H3,(H,8,9)/t6-/m0/s1. The van der Waals surface area contributed by atoms with Crippen LogP contribution in [0, 0.1) is 5.92 Å². The highest BCUT2D eigenvalue weighted by Crippen LogP contribution is 2.01. The van der Waals surface area contributed by atoms with Gasteiger partial charge in [-0.25, -0.2) is 4.79 Å². The lowest BCUT2D eigenvalue weighted by molar-refractivity contribution is -0.143. The number of rotatable bonds is 4. The molecule has 0 aromatic rings. The molecular weight excluding hydrogens is 146 g/mol. The summed E-state index contributed by atoms with van der Waals surface area (Å²) in [4.78, 5) is 20.8. The number of methoxy groups -OCH3 is 1. The van der Waals surface area contributed by atoms with Gasteiger partial charge < -0.3 is 10.1 Å². The third-order valence-corrected chi connectivity index (χ3v) is 1.34. The monoisotopic (exact) mass is 158 g/mol. The van der Waals surface area contributed by atoms with Crippen molar-refractivity contribution >= 4 is 12.4 Å². The topological polar surface area (TPSA) is 55.4 Å². The van der Waals surface area contributed by atoms with E-state index in [4.69, 9.17) is 0 Å². The Hall–Kier alpha value is -1.06. The van der Waals surface area contributed by atoms with Crippen LogP contribution in [0.5, 0.6) is 0 Å². The van der Waals surface area contributed by atoms with Crippen molar-refractivity contribution in [3.63, 3.8) is 0 Å². The van der Waals surface area contributed by atoms with Crippen molar-refractivity contribution in [3.8, 4) is 0 Å². The Morgan fingerprint density at radius 1 is 1.55 bits per heavy atom.